The molecule has 10 heteroatoms. The van der Waals surface area contributed by atoms with Crippen LogP contribution in [0.25, 0.3) is 0 Å². The number of hydrogen-bond donors (Lipinski definition) is 0. The number of hydrogen-bond acceptors (Lipinski definition) is 7. The van der Waals surface area contributed by atoms with Crippen molar-refractivity contribution in [2.45, 2.75) is 12.8 Å². The quantitative estimate of drug-likeness (QED) is 0.319. The normalized spacial score (nSPS) is 13.2. The molecule has 0 atom stereocenters. The van der Waals surface area contributed by atoms with Crippen molar-refractivity contribution in [3.63, 3.8) is 0 Å². The van der Waals surface area contributed by atoms with E-state index in [-0.39, 0.29) is 30.0 Å². The van der Waals surface area contributed by atoms with E-state index < -0.39 is 21.8 Å². The zero-order chi connectivity index (χ0) is 16.3. The van der Waals surface area contributed by atoms with E-state index in [0.717, 1.165) is 11.0 Å². The van der Waals surface area contributed by atoms with E-state index in [9.17, 15) is 29.8 Å². The molecule has 1 heterocycles. The molecular formula is C12H11N3O7. The Morgan fingerprint density at radius 3 is 2.36 bits per heavy atom. The Morgan fingerprint density at radius 1 is 1.05 bits per heavy atom. The molecule has 0 saturated heterocycles. The first-order chi connectivity index (χ1) is 10.4. The number of nitro benzene ring substituents is 1. The third kappa shape index (κ3) is 3.00. The van der Waals surface area contributed by atoms with E-state index in [1.165, 1.54) is 12.1 Å². The lowest BCUT2D eigenvalue weighted by Crippen LogP contribution is -2.30. The highest BCUT2D eigenvalue weighted by molar-refractivity contribution is 6.21. The first kappa shape index (κ1) is 15.4. The number of benzene rings is 1. The van der Waals surface area contributed by atoms with Crippen LogP contribution < -0.4 is 0 Å². The molecule has 0 fully saturated rings. The van der Waals surface area contributed by atoms with Gasteiger partial charge in [-0.2, -0.15) is 0 Å². The number of imide groups is 1. The summed E-state index contributed by atoms with van der Waals surface area (Å²) in [6, 6.07) is 3.49. The second kappa shape index (κ2) is 6.16. The molecule has 0 N–H and O–H groups in total. The van der Waals surface area contributed by atoms with Crippen LogP contribution in [0.15, 0.2) is 18.2 Å². The van der Waals surface area contributed by atoms with Gasteiger partial charge >= 0.3 is 0 Å². The zero-order valence-electron chi connectivity index (χ0n) is 11.3. The third-order valence-corrected chi connectivity index (χ3v) is 3.14. The molecule has 0 unspecified atom stereocenters. The average molecular weight is 309 g/mol. The number of nitrogens with zero attached hydrogens (tertiary/aromatic N) is 3. The number of rotatable bonds is 7. The lowest BCUT2D eigenvalue weighted by atomic mass is 10.1. The number of unbranched alkanes of at least 4 members (excludes halogenated alkanes) is 1. The van der Waals surface area contributed by atoms with E-state index in [0.29, 0.717) is 12.8 Å². The minimum absolute atomic E-state index is 0.000687. The van der Waals surface area contributed by atoms with Gasteiger partial charge in [0.2, 0.25) is 0 Å². The standard InChI is InChI=1S/C12H11N3O7/c16-11-9-4-3-8(14(18)19)7-10(9)12(17)13(11)5-1-2-6-22-15(20)21/h3-4,7H,1-2,5-6H2. The molecule has 0 spiro atoms. The SMILES string of the molecule is O=C1c2ccc([N+](=O)[O-])cc2C(=O)N1CCCCO[N+](=O)[O-]. The second-order valence-corrected chi connectivity index (χ2v) is 4.51. The number of amides is 2. The number of carbonyl (C=O) groups excluding carboxylic acids is 2. The molecule has 2 amide bonds. The summed E-state index contributed by atoms with van der Waals surface area (Å²) in [6.45, 7) is -0.0527. The Labute approximate surface area is 123 Å². The van der Waals surface area contributed by atoms with Crippen LogP contribution >= 0.6 is 0 Å². The largest absolute Gasteiger partial charge is 0.314 e. The fourth-order valence-electron chi connectivity index (χ4n) is 2.11. The Hall–Kier alpha value is -3.04. The molecule has 2 rings (SSSR count). The van der Waals surface area contributed by atoms with E-state index in [1.807, 2.05) is 0 Å². The molecule has 116 valence electrons. The maximum Gasteiger partial charge on any atom is 0.294 e. The molecule has 1 aliphatic rings. The highest BCUT2D eigenvalue weighted by Gasteiger charge is 2.36. The van der Waals surface area contributed by atoms with Crippen LogP contribution in [0, 0.1) is 20.2 Å². The van der Waals surface area contributed by atoms with Crippen molar-refractivity contribution in [2.75, 3.05) is 13.2 Å². The van der Waals surface area contributed by atoms with Crippen LogP contribution in [0.4, 0.5) is 5.69 Å². The van der Waals surface area contributed by atoms with Gasteiger partial charge in [-0.25, -0.2) is 0 Å². The van der Waals surface area contributed by atoms with Gasteiger partial charge in [-0.05, 0) is 18.9 Å². The Kier molecular flexibility index (Phi) is 4.30. The van der Waals surface area contributed by atoms with Gasteiger partial charge < -0.3 is 4.84 Å². The van der Waals surface area contributed by atoms with Crippen molar-refractivity contribution in [3.8, 4) is 0 Å². The monoisotopic (exact) mass is 309 g/mol. The Bertz CT molecular complexity index is 658. The zero-order valence-corrected chi connectivity index (χ0v) is 11.3. The topological polar surface area (TPSA) is 133 Å². The maximum atomic E-state index is 12.1. The van der Waals surface area contributed by atoms with Crippen LogP contribution in [0.2, 0.25) is 0 Å². The molecule has 1 aromatic carbocycles. The smallest absolute Gasteiger partial charge is 0.294 e. The lowest BCUT2D eigenvalue weighted by Gasteiger charge is -2.12. The van der Waals surface area contributed by atoms with Crippen LogP contribution in [-0.2, 0) is 4.84 Å². The van der Waals surface area contributed by atoms with Crippen LogP contribution in [-0.4, -0.2) is 39.9 Å². The summed E-state index contributed by atoms with van der Waals surface area (Å²) in [5.74, 6) is -1.12. The third-order valence-electron chi connectivity index (χ3n) is 3.14. The summed E-state index contributed by atoms with van der Waals surface area (Å²) in [5, 5.41) is 19.7. The maximum absolute atomic E-state index is 12.1. The summed E-state index contributed by atoms with van der Waals surface area (Å²) in [7, 11) is 0. The Morgan fingerprint density at radius 2 is 1.73 bits per heavy atom. The summed E-state index contributed by atoms with van der Waals surface area (Å²) in [5.41, 5.74) is -0.140. The summed E-state index contributed by atoms with van der Waals surface area (Å²) in [4.78, 5) is 49.3. The highest BCUT2D eigenvalue weighted by Crippen LogP contribution is 2.26. The number of non-ortho nitro benzene ring substituents is 1. The fraction of sp³-hybridized carbons (Fsp3) is 0.333. The van der Waals surface area contributed by atoms with Gasteiger partial charge in [0.25, 0.3) is 22.6 Å². The molecule has 10 nitrogen and oxygen atoms in total. The molecule has 0 aliphatic carbocycles. The minimum atomic E-state index is -0.916. The average Bonchev–Trinajstić information content (AvgIpc) is 2.70. The van der Waals surface area contributed by atoms with Gasteiger partial charge in [-0.3, -0.25) is 24.6 Å². The van der Waals surface area contributed by atoms with Crippen molar-refractivity contribution in [2.24, 2.45) is 0 Å². The van der Waals surface area contributed by atoms with Crippen LogP contribution in [0.3, 0.4) is 0 Å². The van der Waals surface area contributed by atoms with Crippen LogP contribution in [0.5, 0.6) is 0 Å². The molecule has 0 aromatic heterocycles. The predicted molar refractivity (Wildman–Crippen MR) is 70.6 cm³/mol. The van der Waals surface area contributed by atoms with Gasteiger partial charge in [-0.15, -0.1) is 10.1 Å². The number of fused-ring (bicyclic) bond motifs is 1. The summed E-state index contributed by atoms with van der Waals surface area (Å²) in [6.07, 6.45) is 0.635. The molecule has 0 radical (unpaired) electrons. The molecule has 0 saturated carbocycles. The van der Waals surface area contributed by atoms with Crippen molar-refractivity contribution < 1.29 is 24.4 Å². The summed E-state index contributed by atoms with van der Waals surface area (Å²) >= 11 is 0. The number of nitro groups is 1. The van der Waals surface area contributed by atoms with Crippen molar-refractivity contribution >= 4 is 17.5 Å². The van der Waals surface area contributed by atoms with Gasteiger partial charge in [0.15, 0.2) is 0 Å². The van der Waals surface area contributed by atoms with Crippen molar-refractivity contribution in [1.29, 1.82) is 0 Å². The highest BCUT2D eigenvalue weighted by atomic mass is 16.9. The first-order valence-corrected chi connectivity index (χ1v) is 6.33. The minimum Gasteiger partial charge on any atom is -0.314 e. The molecule has 1 aromatic rings. The first-order valence-electron chi connectivity index (χ1n) is 6.33. The van der Waals surface area contributed by atoms with Crippen molar-refractivity contribution in [1.82, 2.24) is 4.90 Å². The predicted octanol–water partition coefficient (Wildman–Crippen LogP) is 1.18. The Balaban J connectivity index is 2.01. The van der Waals surface area contributed by atoms with Crippen molar-refractivity contribution in [3.05, 3.63) is 49.6 Å². The van der Waals surface area contributed by atoms with Gasteiger partial charge in [0, 0.05) is 18.7 Å². The van der Waals surface area contributed by atoms with Crippen LogP contribution in [0.1, 0.15) is 33.6 Å². The van der Waals surface area contributed by atoms with E-state index in [4.69, 9.17) is 0 Å². The second-order valence-electron chi connectivity index (χ2n) is 4.51. The van der Waals surface area contributed by atoms with E-state index in [1.54, 1.807) is 0 Å². The summed E-state index contributed by atoms with van der Waals surface area (Å²) < 4.78 is 0. The van der Waals surface area contributed by atoms with E-state index >= 15 is 0 Å². The molecular weight excluding hydrogens is 298 g/mol. The van der Waals surface area contributed by atoms with E-state index in [2.05, 4.69) is 4.84 Å². The van der Waals surface area contributed by atoms with Gasteiger partial charge in [-0.1, -0.05) is 0 Å². The fourth-order valence-corrected chi connectivity index (χ4v) is 2.11. The van der Waals surface area contributed by atoms with Gasteiger partial charge in [0.1, 0.15) is 0 Å². The molecule has 1 aliphatic heterocycles. The number of carbonyl (C=O) groups is 2. The molecule has 22 heavy (non-hydrogen) atoms. The molecule has 0 bridgehead atoms. The van der Waals surface area contributed by atoms with Gasteiger partial charge in [0.05, 0.1) is 22.7 Å². The lowest BCUT2D eigenvalue weighted by molar-refractivity contribution is -0.757.